The SMILES string of the molecule is COC(=O)[C@@]1(OCC(=O)O)C[C@@H](OC(C)=O)[C@@H](NC(C)=O)C([C@H](OC(C)=O)[C@@H](CCC(=O)c2ccc(-c3ccccc3)cc2)OC(C)=O)O1. The molecule has 264 valence electrons. The summed E-state index contributed by atoms with van der Waals surface area (Å²) < 4.78 is 32.8. The first kappa shape index (κ1) is 38.3. The Kier molecular flexibility index (Phi) is 13.5. The molecule has 0 saturated carbocycles. The maximum Gasteiger partial charge on any atom is 0.366 e. The average Bonchev–Trinajstić information content (AvgIpc) is 3.05. The fraction of sp³-hybridized carbons (Fsp3) is 0.441. The number of carbonyl (C=O) groups is 7. The van der Waals surface area contributed by atoms with Crippen molar-refractivity contribution >= 4 is 41.5 Å². The molecule has 1 aliphatic rings. The van der Waals surface area contributed by atoms with Gasteiger partial charge in [0.15, 0.2) is 11.9 Å². The molecule has 0 aliphatic carbocycles. The molecule has 1 unspecified atom stereocenters. The highest BCUT2D eigenvalue weighted by Gasteiger charge is 2.59. The van der Waals surface area contributed by atoms with Gasteiger partial charge in [0.25, 0.3) is 5.79 Å². The maximum absolute atomic E-state index is 13.3. The molecule has 6 atom stereocenters. The summed E-state index contributed by atoms with van der Waals surface area (Å²) in [5.74, 6) is -8.94. The van der Waals surface area contributed by atoms with E-state index in [0.29, 0.717) is 5.56 Å². The van der Waals surface area contributed by atoms with Crippen LogP contribution in [0.1, 0.15) is 57.3 Å². The number of carboxylic acid groups (broad SMARTS) is 1. The minimum atomic E-state index is -2.57. The minimum absolute atomic E-state index is 0.233. The van der Waals surface area contributed by atoms with Crippen LogP contribution in [0, 0.1) is 0 Å². The molecule has 1 heterocycles. The number of ether oxygens (including phenoxy) is 6. The van der Waals surface area contributed by atoms with Crippen LogP contribution in [0.3, 0.4) is 0 Å². The number of ketones is 1. The first-order valence-corrected chi connectivity index (χ1v) is 15.2. The van der Waals surface area contributed by atoms with Gasteiger partial charge in [0.2, 0.25) is 5.91 Å². The van der Waals surface area contributed by atoms with Gasteiger partial charge in [-0.3, -0.25) is 24.0 Å². The fourth-order valence-electron chi connectivity index (χ4n) is 5.52. The Morgan fingerprint density at radius 3 is 2.02 bits per heavy atom. The van der Waals surface area contributed by atoms with E-state index in [2.05, 4.69) is 5.32 Å². The topological polar surface area (TPSA) is 207 Å². The lowest BCUT2D eigenvalue weighted by Gasteiger charge is -2.48. The molecule has 0 radical (unpaired) electrons. The number of hydrogen-bond acceptors (Lipinski definition) is 13. The number of carbonyl (C=O) groups excluding carboxylic acids is 6. The highest BCUT2D eigenvalue weighted by molar-refractivity contribution is 5.96. The number of methoxy groups -OCH3 is 1. The van der Waals surface area contributed by atoms with Gasteiger partial charge in [0, 0.05) is 39.7 Å². The van der Waals surface area contributed by atoms with Crippen LogP contribution < -0.4 is 5.32 Å². The van der Waals surface area contributed by atoms with Gasteiger partial charge in [-0.15, -0.1) is 0 Å². The van der Waals surface area contributed by atoms with Crippen molar-refractivity contribution in [1.82, 2.24) is 5.32 Å². The van der Waals surface area contributed by atoms with Gasteiger partial charge >= 0.3 is 29.8 Å². The van der Waals surface area contributed by atoms with Crippen molar-refractivity contribution in [3.8, 4) is 11.1 Å². The summed E-state index contributed by atoms with van der Waals surface area (Å²) in [7, 11) is 0.969. The van der Waals surface area contributed by atoms with E-state index in [1.165, 1.54) is 0 Å². The molecule has 15 nitrogen and oxygen atoms in total. The zero-order valence-corrected chi connectivity index (χ0v) is 27.7. The Balaban J connectivity index is 2.05. The molecular formula is C34H39NO14. The molecule has 2 aromatic rings. The lowest BCUT2D eigenvalue weighted by molar-refractivity contribution is -0.312. The largest absolute Gasteiger partial charge is 0.480 e. The Bertz CT molecular complexity index is 1530. The number of hydrogen-bond donors (Lipinski definition) is 2. The van der Waals surface area contributed by atoms with Gasteiger partial charge in [0.05, 0.1) is 19.6 Å². The van der Waals surface area contributed by atoms with Crippen molar-refractivity contribution in [2.45, 2.75) is 83.2 Å². The summed E-state index contributed by atoms with van der Waals surface area (Å²) in [4.78, 5) is 87.4. The van der Waals surface area contributed by atoms with Crippen LogP contribution in [-0.2, 0) is 57.2 Å². The smallest absolute Gasteiger partial charge is 0.366 e. The molecule has 15 heteroatoms. The zero-order valence-electron chi connectivity index (χ0n) is 27.7. The highest BCUT2D eigenvalue weighted by atomic mass is 16.7. The van der Waals surface area contributed by atoms with Crippen LogP contribution in [0.2, 0.25) is 0 Å². The maximum atomic E-state index is 13.3. The predicted octanol–water partition coefficient (Wildman–Crippen LogP) is 2.38. The molecule has 1 amide bonds. The van der Waals surface area contributed by atoms with E-state index in [9.17, 15) is 38.7 Å². The van der Waals surface area contributed by atoms with Crippen LogP contribution in [0.25, 0.3) is 11.1 Å². The van der Waals surface area contributed by atoms with E-state index in [0.717, 1.165) is 45.9 Å². The molecule has 1 aliphatic heterocycles. The van der Waals surface area contributed by atoms with Gasteiger partial charge in [-0.2, -0.15) is 0 Å². The number of amides is 1. The Morgan fingerprint density at radius 2 is 1.49 bits per heavy atom. The molecule has 49 heavy (non-hydrogen) atoms. The predicted molar refractivity (Wildman–Crippen MR) is 168 cm³/mol. The number of carboxylic acids is 1. The average molecular weight is 686 g/mol. The van der Waals surface area contributed by atoms with E-state index >= 15 is 0 Å². The third kappa shape index (κ3) is 10.7. The summed E-state index contributed by atoms with van der Waals surface area (Å²) in [5.41, 5.74) is 2.17. The lowest BCUT2D eigenvalue weighted by atomic mass is 9.86. The van der Waals surface area contributed by atoms with Crippen LogP contribution in [0.5, 0.6) is 0 Å². The van der Waals surface area contributed by atoms with E-state index < -0.39 is 85.0 Å². The van der Waals surface area contributed by atoms with Crippen molar-refractivity contribution < 1.29 is 67.1 Å². The van der Waals surface area contributed by atoms with Crippen molar-refractivity contribution in [3.63, 3.8) is 0 Å². The van der Waals surface area contributed by atoms with Crippen molar-refractivity contribution in [2.75, 3.05) is 13.7 Å². The molecule has 2 N–H and O–H groups in total. The first-order chi connectivity index (χ1) is 23.1. The molecule has 1 fully saturated rings. The van der Waals surface area contributed by atoms with Crippen LogP contribution in [-0.4, -0.2) is 96.6 Å². The van der Waals surface area contributed by atoms with Crippen molar-refractivity contribution in [2.24, 2.45) is 0 Å². The van der Waals surface area contributed by atoms with Gasteiger partial charge in [-0.25, -0.2) is 9.59 Å². The summed E-state index contributed by atoms with van der Waals surface area (Å²) in [6.07, 6.45) is -7.41. The van der Waals surface area contributed by atoms with Gasteiger partial charge in [-0.05, 0) is 17.5 Å². The van der Waals surface area contributed by atoms with E-state index in [1.54, 1.807) is 24.3 Å². The van der Waals surface area contributed by atoms with Crippen molar-refractivity contribution in [1.29, 1.82) is 0 Å². The standard InChI is InChI=1S/C34H39NO14/c1-19(36)35-30-28(47-21(3)38)17-34(33(43)44-5,45-18-29(41)42)49-32(30)31(48-22(4)39)27(46-20(2)37)16-15-26(40)25-13-11-24(12-14-25)23-9-7-6-8-10-23/h6-14,27-28,30-32H,15-18H2,1-5H3,(H,35,36)(H,41,42)/t27-,28-,30-,31-,32?,34-/m1/s1. The van der Waals surface area contributed by atoms with E-state index in [1.807, 2.05) is 30.3 Å². The molecule has 1 saturated heterocycles. The molecule has 3 rings (SSSR count). The van der Waals surface area contributed by atoms with E-state index in [-0.39, 0.29) is 18.6 Å². The molecule has 0 aromatic heterocycles. The second kappa shape index (κ2) is 17.3. The van der Waals surface area contributed by atoms with Gasteiger partial charge < -0.3 is 38.8 Å². The van der Waals surface area contributed by atoms with Crippen LogP contribution in [0.4, 0.5) is 0 Å². The minimum Gasteiger partial charge on any atom is -0.480 e. The van der Waals surface area contributed by atoms with E-state index in [4.69, 9.17) is 28.4 Å². The zero-order chi connectivity index (χ0) is 36.3. The second-order valence-corrected chi connectivity index (χ2v) is 11.2. The summed E-state index contributed by atoms with van der Waals surface area (Å²) >= 11 is 0. The second-order valence-electron chi connectivity index (χ2n) is 11.2. The fourth-order valence-corrected chi connectivity index (χ4v) is 5.52. The third-order valence-corrected chi connectivity index (χ3v) is 7.44. The summed E-state index contributed by atoms with van der Waals surface area (Å²) in [5, 5.41) is 11.9. The monoisotopic (exact) mass is 685 g/mol. The molecule has 2 aromatic carbocycles. The molecular weight excluding hydrogens is 646 g/mol. The Morgan fingerprint density at radius 1 is 0.878 bits per heavy atom. The Labute approximate surface area is 282 Å². The molecule has 0 bridgehead atoms. The normalized spacial score (nSPS) is 21.3. The number of rotatable bonds is 15. The highest BCUT2D eigenvalue weighted by Crippen LogP contribution is 2.37. The Hall–Kier alpha value is -5.15. The summed E-state index contributed by atoms with van der Waals surface area (Å²) in [6, 6.07) is 15.0. The quantitative estimate of drug-likeness (QED) is 0.157. The third-order valence-electron chi connectivity index (χ3n) is 7.44. The van der Waals surface area contributed by atoms with Crippen molar-refractivity contribution in [3.05, 3.63) is 60.2 Å². The number of Topliss-reactive ketones (excluding diaryl/α,β-unsaturated/α-hetero) is 1. The number of aliphatic carboxylic acids is 1. The van der Waals surface area contributed by atoms with Gasteiger partial charge in [0.1, 0.15) is 24.9 Å². The number of nitrogens with one attached hydrogen (secondary N) is 1. The number of esters is 4. The summed E-state index contributed by atoms with van der Waals surface area (Å²) in [6.45, 7) is 3.22. The first-order valence-electron chi connectivity index (χ1n) is 15.2. The number of benzene rings is 2. The molecule has 0 spiro atoms. The van der Waals surface area contributed by atoms with Gasteiger partial charge in [-0.1, -0.05) is 54.6 Å². The van der Waals surface area contributed by atoms with Crippen LogP contribution >= 0.6 is 0 Å². The lowest BCUT2D eigenvalue weighted by Crippen LogP contribution is -2.69. The van der Waals surface area contributed by atoms with Crippen LogP contribution in [0.15, 0.2) is 54.6 Å².